The molecule has 1 N–H and O–H groups in total. The van der Waals surface area contributed by atoms with Gasteiger partial charge in [-0.2, -0.15) is 0 Å². The number of esters is 1. The van der Waals surface area contributed by atoms with Gasteiger partial charge in [-0.1, -0.05) is 42.5 Å². The lowest BCUT2D eigenvalue weighted by atomic mass is 10.2. The number of carboxylic acid groups (broad SMARTS) is 1. The van der Waals surface area contributed by atoms with Gasteiger partial charge in [0.05, 0.1) is 27.4 Å². The summed E-state index contributed by atoms with van der Waals surface area (Å²) in [5.74, 6) is 0.0852. The molecule has 3 aromatic carbocycles. The number of hydrogen-bond acceptors (Lipinski definition) is 9. The fourth-order valence-corrected chi connectivity index (χ4v) is 3.46. The maximum atomic E-state index is 12.4. The molecule has 2 atom stereocenters. The van der Waals surface area contributed by atoms with E-state index in [1.807, 2.05) is 30.3 Å². The van der Waals surface area contributed by atoms with Gasteiger partial charge in [0.25, 0.3) is 0 Å². The Hall–Kier alpha value is -4.28. The molecule has 206 valence electrons. The summed E-state index contributed by atoms with van der Waals surface area (Å²) in [4.78, 5) is 23.4. The summed E-state index contributed by atoms with van der Waals surface area (Å²) in [6.45, 7) is 2.29. The van der Waals surface area contributed by atoms with E-state index in [0.29, 0.717) is 49.2 Å². The van der Waals surface area contributed by atoms with Gasteiger partial charge in [-0.15, -0.1) is 0 Å². The Kier molecular flexibility index (Phi) is 9.60. The molecule has 0 bridgehead atoms. The molecule has 0 amide bonds. The molecule has 2 unspecified atom stereocenters. The van der Waals surface area contributed by atoms with Crippen molar-refractivity contribution in [2.45, 2.75) is 18.8 Å². The van der Waals surface area contributed by atoms with E-state index in [0.717, 1.165) is 5.56 Å². The molecule has 0 aromatic heterocycles. The first-order valence-electron chi connectivity index (χ1n) is 12.3. The lowest BCUT2D eigenvalue weighted by Crippen LogP contribution is -2.12. The fraction of sp³-hybridized carbons (Fsp3) is 0.310. The summed E-state index contributed by atoms with van der Waals surface area (Å²) in [7, 11) is 3.01. The van der Waals surface area contributed by atoms with Gasteiger partial charge >= 0.3 is 11.9 Å². The normalized spacial score (nSPS) is 16.7. The molecule has 0 saturated carbocycles. The zero-order chi connectivity index (χ0) is 27.6. The van der Waals surface area contributed by atoms with E-state index in [-0.39, 0.29) is 30.1 Å². The van der Waals surface area contributed by atoms with Crippen molar-refractivity contribution in [2.75, 3.05) is 40.6 Å². The predicted octanol–water partition coefficient (Wildman–Crippen LogP) is 4.00. The lowest BCUT2D eigenvalue weighted by molar-refractivity contribution is 0.0466. The maximum Gasteiger partial charge on any atom is 0.342 e. The van der Waals surface area contributed by atoms with E-state index < -0.39 is 11.9 Å². The summed E-state index contributed by atoms with van der Waals surface area (Å²) in [5.41, 5.74) is 1.37. The lowest BCUT2D eigenvalue weighted by Gasteiger charge is -2.14. The summed E-state index contributed by atoms with van der Waals surface area (Å²) in [6.07, 6.45) is 0.166. The van der Waals surface area contributed by atoms with E-state index in [9.17, 15) is 9.59 Å². The van der Waals surface area contributed by atoms with Crippen molar-refractivity contribution >= 4 is 11.9 Å². The number of ether oxygens (including phenoxy) is 7. The van der Waals surface area contributed by atoms with E-state index in [1.165, 1.54) is 20.3 Å². The number of benzene rings is 3. The number of para-hydroxylation sites is 2. The van der Waals surface area contributed by atoms with Crippen LogP contribution in [0.2, 0.25) is 0 Å². The van der Waals surface area contributed by atoms with E-state index >= 15 is 0 Å². The molecular weight excluding hydrogens is 508 g/mol. The minimum absolute atomic E-state index is 0.0755. The second-order valence-corrected chi connectivity index (χ2v) is 8.57. The average Bonchev–Trinajstić information content (AvgIpc) is 3.90. The number of methoxy groups -OCH3 is 2. The minimum atomic E-state index is -1.04. The molecule has 0 spiro atoms. The highest BCUT2D eigenvalue weighted by molar-refractivity contribution is 5.93. The highest BCUT2D eigenvalue weighted by atomic mass is 16.6. The molecule has 2 saturated heterocycles. The molecular formula is C29H30O10. The zero-order valence-corrected chi connectivity index (χ0v) is 21.7. The molecule has 2 fully saturated rings. The Balaban J connectivity index is 0.000000193. The van der Waals surface area contributed by atoms with Crippen molar-refractivity contribution < 1.29 is 47.9 Å². The van der Waals surface area contributed by atoms with Gasteiger partial charge in [0.2, 0.25) is 0 Å². The minimum Gasteiger partial charge on any atom is -0.493 e. The maximum absolute atomic E-state index is 12.4. The molecule has 3 aromatic rings. The molecule has 39 heavy (non-hydrogen) atoms. The van der Waals surface area contributed by atoms with Crippen LogP contribution in [0.3, 0.4) is 0 Å². The standard InChI is InChI=1S/C18H18O5.C11H12O5/c1-20-16-9-5-8-15(17(16)22-12-14-11-21-14)18(19)23-10-13-6-3-2-4-7-13;1-14-9-4-2-3-8(11(12)13)10(9)16-6-7-5-15-7/h2-9,14H,10-12H2,1H3;2-4,7H,5-6H2,1H3,(H,12,13). The quantitative estimate of drug-likeness (QED) is 0.267. The SMILES string of the molecule is COc1cccc(C(=O)O)c1OCC1CO1.COc1cccc(C(=O)OCc2ccccc2)c1OCC1CO1. The number of rotatable bonds is 12. The summed E-state index contributed by atoms with van der Waals surface area (Å²) in [6, 6.07) is 19.4. The van der Waals surface area contributed by atoms with Crippen molar-refractivity contribution in [3.05, 3.63) is 83.4 Å². The van der Waals surface area contributed by atoms with E-state index in [1.54, 1.807) is 30.3 Å². The largest absolute Gasteiger partial charge is 0.493 e. The van der Waals surface area contributed by atoms with Gasteiger partial charge in [-0.25, -0.2) is 9.59 Å². The van der Waals surface area contributed by atoms with Crippen molar-refractivity contribution in [1.29, 1.82) is 0 Å². The average molecular weight is 539 g/mol. The topological polar surface area (TPSA) is 126 Å². The molecule has 0 aliphatic carbocycles. The molecule has 10 nitrogen and oxygen atoms in total. The first-order valence-corrected chi connectivity index (χ1v) is 12.3. The van der Waals surface area contributed by atoms with Crippen LogP contribution in [-0.2, 0) is 20.8 Å². The monoisotopic (exact) mass is 538 g/mol. The van der Waals surface area contributed by atoms with Gasteiger partial charge in [-0.05, 0) is 29.8 Å². The van der Waals surface area contributed by atoms with E-state index in [4.69, 9.17) is 38.3 Å². The summed E-state index contributed by atoms with van der Waals surface area (Å²) < 4.78 is 36.9. The van der Waals surface area contributed by atoms with Crippen LogP contribution < -0.4 is 18.9 Å². The first-order chi connectivity index (χ1) is 19.0. The second-order valence-electron chi connectivity index (χ2n) is 8.57. The van der Waals surface area contributed by atoms with Crippen LogP contribution in [0, 0.1) is 0 Å². The molecule has 2 aliphatic rings. The van der Waals surface area contributed by atoms with Crippen LogP contribution in [0.25, 0.3) is 0 Å². The highest BCUT2D eigenvalue weighted by Gasteiger charge is 2.27. The van der Waals surface area contributed by atoms with Crippen LogP contribution >= 0.6 is 0 Å². The third-order valence-electron chi connectivity index (χ3n) is 5.69. The number of carboxylic acids is 1. The van der Waals surface area contributed by atoms with Crippen molar-refractivity contribution in [3.63, 3.8) is 0 Å². The van der Waals surface area contributed by atoms with Gasteiger partial charge < -0.3 is 38.3 Å². The Bertz CT molecular complexity index is 1250. The molecule has 0 radical (unpaired) electrons. The highest BCUT2D eigenvalue weighted by Crippen LogP contribution is 2.33. The van der Waals surface area contributed by atoms with Gasteiger partial charge in [0.15, 0.2) is 23.0 Å². The van der Waals surface area contributed by atoms with Crippen LogP contribution in [-0.4, -0.2) is 69.9 Å². The molecule has 5 rings (SSSR count). The molecule has 10 heteroatoms. The van der Waals surface area contributed by atoms with Crippen molar-refractivity contribution in [1.82, 2.24) is 0 Å². The third kappa shape index (κ3) is 8.10. The van der Waals surface area contributed by atoms with Gasteiger partial charge in [0.1, 0.15) is 43.2 Å². The van der Waals surface area contributed by atoms with Crippen LogP contribution in [0.1, 0.15) is 26.3 Å². The van der Waals surface area contributed by atoms with Gasteiger partial charge in [-0.3, -0.25) is 0 Å². The number of hydrogen-bond donors (Lipinski definition) is 1. The zero-order valence-electron chi connectivity index (χ0n) is 21.7. The second kappa shape index (κ2) is 13.5. The Morgan fingerprint density at radius 2 is 1.28 bits per heavy atom. The van der Waals surface area contributed by atoms with Gasteiger partial charge in [0, 0.05) is 0 Å². The number of carbonyl (C=O) groups excluding carboxylic acids is 1. The van der Waals surface area contributed by atoms with E-state index in [2.05, 4.69) is 0 Å². The molecule has 2 aliphatic heterocycles. The smallest absolute Gasteiger partial charge is 0.342 e. The number of epoxide rings is 2. The first kappa shape index (κ1) is 27.7. The Morgan fingerprint density at radius 3 is 1.77 bits per heavy atom. The third-order valence-corrected chi connectivity index (χ3v) is 5.69. The Morgan fingerprint density at radius 1 is 0.769 bits per heavy atom. The number of aromatic carboxylic acids is 1. The number of carbonyl (C=O) groups is 2. The van der Waals surface area contributed by atoms with Crippen LogP contribution in [0.5, 0.6) is 23.0 Å². The fourth-order valence-electron chi connectivity index (χ4n) is 3.46. The van der Waals surface area contributed by atoms with Crippen LogP contribution in [0.4, 0.5) is 0 Å². The van der Waals surface area contributed by atoms with Crippen LogP contribution in [0.15, 0.2) is 66.7 Å². The van der Waals surface area contributed by atoms with Crippen molar-refractivity contribution in [2.24, 2.45) is 0 Å². The summed E-state index contributed by atoms with van der Waals surface area (Å²) in [5, 5.41) is 9.00. The summed E-state index contributed by atoms with van der Waals surface area (Å²) >= 11 is 0. The Labute approximate surface area is 225 Å². The van der Waals surface area contributed by atoms with Crippen molar-refractivity contribution in [3.8, 4) is 23.0 Å². The predicted molar refractivity (Wildman–Crippen MR) is 139 cm³/mol. The molecule has 2 heterocycles.